The Labute approximate surface area is 70.8 Å². The van der Waals surface area contributed by atoms with Crippen molar-refractivity contribution in [2.75, 3.05) is 26.9 Å². The molecule has 0 amide bonds. The van der Waals surface area contributed by atoms with Gasteiger partial charge in [0.1, 0.15) is 0 Å². The van der Waals surface area contributed by atoms with E-state index in [2.05, 4.69) is 4.74 Å². The Morgan fingerprint density at radius 1 is 1.58 bits per heavy atom. The predicted octanol–water partition coefficient (Wildman–Crippen LogP) is -1.10. The normalized spacial score (nSPS) is 29.8. The highest BCUT2D eigenvalue weighted by Gasteiger charge is 2.27. The molecule has 2 N–H and O–H groups in total. The van der Waals surface area contributed by atoms with Crippen LogP contribution in [0.15, 0.2) is 0 Å². The van der Waals surface area contributed by atoms with Gasteiger partial charge in [0.15, 0.2) is 6.10 Å². The second-order valence-electron chi connectivity index (χ2n) is 2.54. The smallest absolute Gasteiger partial charge is 0.337 e. The summed E-state index contributed by atoms with van der Waals surface area (Å²) in [7, 11) is 1.32. The van der Waals surface area contributed by atoms with Crippen LogP contribution in [0.3, 0.4) is 0 Å². The zero-order chi connectivity index (χ0) is 8.97. The molecule has 12 heavy (non-hydrogen) atoms. The Kier molecular flexibility index (Phi) is 3.46. The van der Waals surface area contributed by atoms with Gasteiger partial charge >= 0.3 is 5.97 Å². The third-order valence-corrected chi connectivity index (χ3v) is 1.69. The first kappa shape index (κ1) is 9.44. The number of rotatable bonds is 2. The monoisotopic (exact) mass is 175 g/mol. The standard InChI is InChI=1S/C7H13NO4/c1-10-7(9)6-4-11-5(2-8)3-12-6/h5-6H,2-4,8H2,1H3/t5-,6-/m1/s1. The van der Waals surface area contributed by atoms with Crippen LogP contribution in [0.1, 0.15) is 0 Å². The van der Waals surface area contributed by atoms with Gasteiger partial charge in [0.2, 0.25) is 0 Å². The molecule has 1 fully saturated rings. The molecule has 0 aromatic carbocycles. The molecule has 0 bridgehead atoms. The third kappa shape index (κ3) is 2.17. The zero-order valence-electron chi connectivity index (χ0n) is 6.99. The van der Waals surface area contributed by atoms with Crippen LogP contribution in [0, 0.1) is 0 Å². The van der Waals surface area contributed by atoms with Crippen molar-refractivity contribution >= 4 is 5.97 Å². The van der Waals surface area contributed by atoms with Crippen molar-refractivity contribution in [2.45, 2.75) is 12.2 Å². The minimum atomic E-state index is -0.585. The van der Waals surface area contributed by atoms with E-state index in [0.29, 0.717) is 13.2 Å². The highest BCUT2D eigenvalue weighted by Crippen LogP contribution is 2.07. The molecule has 0 unspecified atom stereocenters. The largest absolute Gasteiger partial charge is 0.467 e. The van der Waals surface area contributed by atoms with Crippen LogP contribution in [-0.4, -0.2) is 45.0 Å². The number of carbonyl (C=O) groups is 1. The number of hydrogen-bond donors (Lipinski definition) is 1. The summed E-state index contributed by atoms with van der Waals surface area (Å²) in [6, 6.07) is 0. The van der Waals surface area contributed by atoms with E-state index in [-0.39, 0.29) is 12.7 Å². The molecule has 1 aliphatic heterocycles. The van der Waals surface area contributed by atoms with Gasteiger partial charge in [0.05, 0.1) is 26.4 Å². The highest BCUT2D eigenvalue weighted by atomic mass is 16.6. The lowest BCUT2D eigenvalue weighted by Gasteiger charge is -2.26. The van der Waals surface area contributed by atoms with Gasteiger partial charge in [-0.05, 0) is 0 Å². The van der Waals surface area contributed by atoms with Crippen LogP contribution in [0.4, 0.5) is 0 Å². The number of hydrogen-bond acceptors (Lipinski definition) is 5. The van der Waals surface area contributed by atoms with Crippen molar-refractivity contribution in [1.82, 2.24) is 0 Å². The van der Waals surface area contributed by atoms with Crippen molar-refractivity contribution in [3.05, 3.63) is 0 Å². The second kappa shape index (κ2) is 4.39. The molecule has 2 atom stereocenters. The number of methoxy groups -OCH3 is 1. The molecule has 5 nitrogen and oxygen atoms in total. The average Bonchev–Trinajstić information content (AvgIpc) is 2.17. The lowest BCUT2D eigenvalue weighted by atomic mass is 10.3. The summed E-state index contributed by atoms with van der Waals surface area (Å²) in [5.41, 5.74) is 5.34. The van der Waals surface area contributed by atoms with Crippen molar-refractivity contribution in [2.24, 2.45) is 5.73 Å². The minimum absolute atomic E-state index is 0.0918. The van der Waals surface area contributed by atoms with Gasteiger partial charge in [-0.3, -0.25) is 0 Å². The lowest BCUT2D eigenvalue weighted by molar-refractivity contribution is -0.177. The van der Waals surface area contributed by atoms with Gasteiger partial charge in [0, 0.05) is 6.54 Å². The Morgan fingerprint density at radius 2 is 2.33 bits per heavy atom. The summed E-state index contributed by atoms with van der Waals surface area (Å²) in [5, 5.41) is 0. The van der Waals surface area contributed by atoms with Crippen molar-refractivity contribution in [3.63, 3.8) is 0 Å². The molecule has 1 heterocycles. The summed E-state index contributed by atoms with van der Waals surface area (Å²) in [6.07, 6.45) is -0.677. The van der Waals surface area contributed by atoms with Crippen LogP contribution in [0.25, 0.3) is 0 Å². The molecule has 1 aliphatic rings. The minimum Gasteiger partial charge on any atom is -0.467 e. The topological polar surface area (TPSA) is 70.8 Å². The fourth-order valence-electron chi connectivity index (χ4n) is 0.947. The van der Waals surface area contributed by atoms with Crippen molar-refractivity contribution < 1.29 is 19.0 Å². The van der Waals surface area contributed by atoms with E-state index >= 15 is 0 Å². The second-order valence-corrected chi connectivity index (χ2v) is 2.54. The molecule has 70 valence electrons. The SMILES string of the molecule is COC(=O)[C@H]1CO[C@H](CN)CO1. The number of carbonyl (C=O) groups excluding carboxylic acids is 1. The Hall–Kier alpha value is -0.650. The Morgan fingerprint density at radius 3 is 2.75 bits per heavy atom. The van der Waals surface area contributed by atoms with Gasteiger partial charge in [-0.15, -0.1) is 0 Å². The van der Waals surface area contributed by atoms with Gasteiger partial charge < -0.3 is 19.9 Å². The van der Waals surface area contributed by atoms with E-state index in [9.17, 15) is 4.79 Å². The molecular weight excluding hydrogens is 162 g/mol. The van der Waals surface area contributed by atoms with E-state index < -0.39 is 12.1 Å². The fraction of sp³-hybridized carbons (Fsp3) is 0.857. The molecule has 0 aromatic rings. The van der Waals surface area contributed by atoms with E-state index in [0.717, 1.165) is 0 Å². The maximum absolute atomic E-state index is 10.9. The van der Waals surface area contributed by atoms with E-state index in [4.69, 9.17) is 15.2 Å². The van der Waals surface area contributed by atoms with Crippen molar-refractivity contribution in [3.8, 4) is 0 Å². The molecule has 1 rings (SSSR count). The molecule has 0 spiro atoms. The fourth-order valence-corrected chi connectivity index (χ4v) is 0.947. The Balaban J connectivity index is 2.30. The summed E-state index contributed by atoms with van der Waals surface area (Å²) >= 11 is 0. The number of ether oxygens (including phenoxy) is 3. The lowest BCUT2D eigenvalue weighted by Crippen LogP contribution is -2.43. The quantitative estimate of drug-likeness (QED) is 0.539. The summed E-state index contributed by atoms with van der Waals surface area (Å²) in [4.78, 5) is 10.9. The van der Waals surface area contributed by atoms with Crippen LogP contribution in [-0.2, 0) is 19.0 Å². The van der Waals surface area contributed by atoms with E-state index in [1.165, 1.54) is 7.11 Å². The van der Waals surface area contributed by atoms with Crippen LogP contribution in [0.5, 0.6) is 0 Å². The van der Waals surface area contributed by atoms with Gasteiger partial charge in [-0.25, -0.2) is 4.79 Å². The zero-order valence-corrected chi connectivity index (χ0v) is 6.99. The molecule has 0 radical (unpaired) electrons. The highest BCUT2D eigenvalue weighted by molar-refractivity contribution is 5.74. The third-order valence-electron chi connectivity index (χ3n) is 1.69. The van der Waals surface area contributed by atoms with Crippen LogP contribution < -0.4 is 5.73 Å². The maximum Gasteiger partial charge on any atom is 0.337 e. The summed E-state index contributed by atoms with van der Waals surface area (Å²) < 4.78 is 14.8. The van der Waals surface area contributed by atoms with Gasteiger partial charge in [-0.1, -0.05) is 0 Å². The molecule has 1 saturated heterocycles. The van der Waals surface area contributed by atoms with Gasteiger partial charge in [-0.2, -0.15) is 0 Å². The van der Waals surface area contributed by atoms with Crippen molar-refractivity contribution in [1.29, 1.82) is 0 Å². The summed E-state index contributed by atoms with van der Waals surface area (Å²) in [5.74, 6) is -0.398. The number of nitrogens with two attached hydrogens (primary N) is 1. The molecular formula is C7H13NO4. The molecule has 0 aromatic heterocycles. The average molecular weight is 175 g/mol. The first-order valence-electron chi connectivity index (χ1n) is 3.79. The summed E-state index contributed by atoms with van der Waals surface area (Å²) in [6.45, 7) is 0.999. The first-order valence-corrected chi connectivity index (χ1v) is 3.79. The molecule has 5 heteroatoms. The van der Waals surface area contributed by atoms with E-state index in [1.807, 2.05) is 0 Å². The van der Waals surface area contributed by atoms with E-state index in [1.54, 1.807) is 0 Å². The van der Waals surface area contributed by atoms with Gasteiger partial charge in [0.25, 0.3) is 0 Å². The maximum atomic E-state index is 10.9. The number of esters is 1. The van der Waals surface area contributed by atoms with Crippen LogP contribution in [0.2, 0.25) is 0 Å². The van der Waals surface area contributed by atoms with Crippen LogP contribution >= 0.6 is 0 Å². The molecule has 0 aliphatic carbocycles. The first-order chi connectivity index (χ1) is 5.77. The predicted molar refractivity (Wildman–Crippen MR) is 40.6 cm³/mol. The molecule has 0 saturated carbocycles. The Bertz CT molecular complexity index is 153.